The molecule has 4 aliphatic rings. The molecule has 2 saturated heterocycles. The van der Waals surface area contributed by atoms with Crippen LogP contribution in [0.1, 0.15) is 63.6 Å². The van der Waals surface area contributed by atoms with Crippen LogP contribution < -0.4 is 10.1 Å². The summed E-state index contributed by atoms with van der Waals surface area (Å²) in [6.07, 6.45) is 8.29. The lowest BCUT2D eigenvalue weighted by atomic mass is 9.64. The van der Waals surface area contributed by atoms with Crippen molar-refractivity contribution in [2.75, 3.05) is 6.54 Å². The highest BCUT2D eigenvalue weighted by atomic mass is 16.5. The van der Waals surface area contributed by atoms with E-state index in [2.05, 4.69) is 50.9 Å². The van der Waals surface area contributed by atoms with E-state index in [4.69, 9.17) is 4.74 Å². The molecule has 0 aromatic heterocycles. The van der Waals surface area contributed by atoms with Gasteiger partial charge in [0.2, 0.25) is 5.91 Å². The molecule has 32 heavy (non-hydrogen) atoms. The molecule has 1 aromatic rings. The number of carbonyl (C=O) groups excluding carboxylic acids is 2. The molecule has 1 aromatic carbocycles. The van der Waals surface area contributed by atoms with Crippen LogP contribution in [0.2, 0.25) is 0 Å². The molecular weight excluding hydrogens is 400 g/mol. The molecule has 0 unspecified atom stereocenters. The van der Waals surface area contributed by atoms with Crippen LogP contribution in [0.15, 0.2) is 36.4 Å². The van der Waals surface area contributed by atoms with Crippen LogP contribution in [0.3, 0.4) is 0 Å². The molecule has 2 amide bonds. The smallest absolute Gasteiger partial charge is 0.253 e. The number of hydrogen-bond donors (Lipinski definition) is 1. The van der Waals surface area contributed by atoms with Crippen molar-refractivity contribution < 1.29 is 14.3 Å². The van der Waals surface area contributed by atoms with Crippen molar-refractivity contribution in [3.8, 4) is 5.75 Å². The van der Waals surface area contributed by atoms with E-state index in [0.717, 1.165) is 46.4 Å². The van der Waals surface area contributed by atoms with Gasteiger partial charge in [-0.15, -0.1) is 0 Å². The summed E-state index contributed by atoms with van der Waals surface area (Å²) < 4.78 is 6.15. The van der Waals surface area contributed by atoms with E-state index >= 15 is 0 Å². The van der Waals surface area contributed by atoms with Gasteiger partial charge in [-0.25, -0.2) is 0 Å². The first-order valence-corrected chi connectivity index (χ1v) is 11.5. The largest absolute Gasteiger partial charge is 0.483 e. The van der Waals surface area contributed by atoms with Crippen molar-refractivity contribution in [3.05, 3.63) is 53.1 Å². The minimum absolute atomic E-state index is 0.0123. The van der Waals surface area contributed by atoms with Crippen molar-refractivity contribution in [2.24, 2.45) is 5.41 Å². The molecule has 2 fully saturated rings. The highest BCUT2D eigenvalue weighted by Crippen LogP contribution is 2.50. The second-order valence-electron chi connectivity index (χ2n) is 10.9. The fraction of sp³-hybridized carbons (Fsp3) is 0.481. The Hall–Kier alpha value is -2.82. The van der Waals surface area contributed by atoms with Crippen LogP contribution in [0.25, 0.3) is 11.6 Å². The second kappa shape index (κ2) is 6.60. The Kier molecular flexibility index (Phi) is 4.34. The normalized spacial score (nSPS) is 29.9. The molecule has 2 atom stereocenters. The lowest BCUT2D eigenvalue weighted by Crippen LogP contribution is -2.69. The number of piperazine rings is 1. The lowest BCUT2D eigenvalue weighted by molar-refractivity contribution is -0.151. The number of amides is 2. The van der Waals surface area contributed by atoms with Gasteiger partial charge in [-0.05, 0) is 85.9 Å². The average molecular weight is 433 g/mol. The first-order valence-electron chi connectivity index (χ1n) is 11.5. The van der Waals surface area contributed by atoms with E-state index in [9.17, 15) is 9.59 Å². The fourth-order valence-electron chi connectivity index (χ4n) is 5.80. The Labute approximate surface area is 190 Å². The standard InChI is InChI=1S/C27H32N2O3/c1-16-18(9-10-22-19(16)11-12-26(5,6)32-22)20-14-27(15-25(3,4)17(20)2)24(31)29-13-7-8-21(29)23(30)28-27/h9-12,14,21H,2,7-8,13,15H2,1,3-6H3,(H,28,30)/t21-,27+/m0/s1. The Morgan fingerprint density at radius 3 is 2.69 bits per heavy atom. The molecule has 168 valence electrons. The predicted octanol–water partition coefficient (Wildman–Crippen LogP) is 4.41. The lowest BCUT2D eigenvalue weighted by Gasteiger charge is -2.49. The molecule has 5 rings (SSSR count). The molecule has 3 aliphatic heterocycles. The van der Waals surface area contributed by atoms with Crippen LogP contribution in [0.5, 0.6) is 5.75 Å². The molecule has 1 N–H and O–H groups in total. The van der Waals surface area contributed by atoms with E-state index in [0.29, 0.717) is 13.0 Å². The monoisotopic (exact) mass is 432 g/mol. The summed E-state index contributed by atoms with van der Waals surface area (Å²) >= 11 is 0. The van der Waals surface area contributed by atoms with E-state index < -0.39 is 5.54 Å². The maximum Gasteiger partial charge on any atom is 0.253 e. The Bertz CT molecular complexity index is 1120. The van der Waals surface area contributed by atoms with Crippen molar-refractivity contribution in [2.45, 2.75) is 71.1 Å². The highest BCUT2D eigenvalue weighted by molar-refractivity contribution is 6.04. The van der Waals surface area contributed by atoms with E-state index in [1.165, 1.54) is 0 Å². The van der Waals surface area contributed by atoms with E-state index in [1.807, 2.05) is 26.0 Å². The zero-order chi connectivity index (χ0) is 23.1. The summed E-state index contributed by atoms with van der Waals surface area (Å²) in [5.41, 5.74) is 3.36. The molecule has 1 aliphatic carbocycles. The second-order valence-corrected chi connectivity index (χ2v) is 10.9. The number of rotatable bonds is 1. The topological polar surface area (TPSA) is 58.6 Å². The van der Waals surface area contributed by atoms with Gasteiger partial charge >= 0.3 is 0 Å². The zero-order valence-electron chi connectivity index (χ0n) is 19.7. The summed E-state index contributed by atoms with van der Waals surface area (Å²) in [7, 11) is 0. The van der Waals surface area contributed by atoms with Crippen LogP contribution in [-0.4, -0.2) is 40.4 Å². The molecule has 3 heterocycles. The number of fused-ring (bicyclic) bond motifs is 2. The van der Waals surface area contributed by atoms with Crippen molar-refractivity contribution >= 4 is 23.5 Å². The number of benzene rings is 1. The molecule has 0 radical (unpaired) electrons. The number of ether oxygens (including phenoxy) is 1. The summed E-state index contributed by atoms with van der Waals surface area (Å²) in [6.45, 7) is 15.5. The minimum atomic E-state index is -1.03. The van der Waals surface area contributed by atoms with E-state index in [-0.39, 0.29) is 28.9 Å². The number of allylic oxidation sites excluding steroid dienone is 2. The zero-order valence-corrected chi connectivity index (χ0v) is 19.7. The third-order valence-corrected chi connectivity index (χ3v) is 7.59. The van der Waals surface area contributed by atoms with Gasteiger partial charge in [0, 0.05) is 12.1 Å². The quantitative estimate of drug-likeness (QED) is 0.715. The van der Waals surface area contributed by atoms with Crippen molar-refractivity contribution in [3.63, 3.8) is 0 Å². The van der Waals surface area contributed by atoms with Crippen LogP contribution in [0.4, 0.5) is 0 Å². The fourth-order valence-corrected chi connectivity index (χ4v) is 5.80. The van der Waals surface area contributed by atoms with Crippen LogP contribution >= 0.6 is 0 Å². The van der Waals surface area contributed by atoms with Gasteiger partial charge in [-0.2, -0.15) is 0 Å². The summed E-state index contributed by atoms with van der Waals surface area (Å²) in [5.74, 6) is 0.830. The maximum absolute atomic E-state index is 13.7. The number of nitrogens with one attached hydrogen (secondary N) is 1. The summed E-state index contributed by atoms with van der Waals surface area (Å²) in [4.78, 5) is 28.5. The van der Waals surface area contributed by atoms with Gasteiger partial charge in [-0.3, -0.25) is 9.59 Å². The first kappa shape index (κ1) is 21.0. The highest BCUT2D eigenvalue weighted by Gasteiger charge is 2.55. The summed E-state index contributed by atoms with van der Waals surface area (Å²) in [6, 6.07) is 3.74. The molecule has 5 nitrogen and oxygen atoms in total. The maximum atomic E-state index is 13.7. The molecule has 0 saturated carbocycles. The van der Waals surface area contributed by atoms with Crippen molar-refractivity contribution in [1.29, 1.82) is 0 Å². The molecular formula is C27H32N2O3. The van der Waals surface area contributed by atoms with Crippen LogP contribution in [0, 0.1) is 12.3 Å². The van der Waals surface area contributed by atoms with Gasteiger partial charge in [0.25, 0.3) is 5.91 Å². The van der Waals surface area contributed by atoms with Gasteiger partial charge in [0.15, 0.2) is 0 Å². The van der Waals surface area contributed by atoms with Gasteiger partial charge < -0.3 is 15.0 Å². The van der Waals surface area contributed by atoms with Gasteiger partial charge in [0.1, 0.15) is 22.9 Å². The molecule has 0 bridgehead atoms. The number of hydrogen-bond acceptors (Lipinski definition) is 3. The molecule has 5 heteroatoms. The molecule has 1 spiro atoms. The Morgan fingerprint density at radius 1 is 1.19 bits per heavy atom. The Morgan fingerprint density at radius 2 is 1.94 bits per heavy atom. The predicted molar refractivity (Wildman–Crippen MR) is 126 cm³/mol. The average Bonchev–Trinajstić information content (AvgIpc) is 3.19. The number of nitrogens with zero attached hydrogens (tertiary/aromatic N) is 1. The van der Waals surface area contributed by atoms with Gasteiger partial charge in [0.05, 0.1) is 0 Å². The van der Waals surface area contributed by atoms with Gasteiger partial charge in [-0.1, -0.05) is 32.6 Å². The van der Waals surface area contributed by atoms with Crippen molar-refractivity contribution in [1.82, 2.24) is 10.2 Å². The Balaban J connectivity index is 1.65. The number of carbonyl (C=O) groups is 2. The third-order valence-electron chi connectivity index (χ3n) is 7.59. The third kappa shape index (κ3) is 2.97. The first-order chi connectivity index (χ1) is 14.9. The summed E-state index contributed by atoms with van der Waals surface area (Å²) in [5, 5.41) is 3.14. The minimum Gasteiger partial charge on any atom is -0.483 e. The van der Waals surface area contributed by atoms with E-state index in [1.54, 1.807) is 4.90 Å². The SMILES string of the molecule is C=C1C(c2ccc3c(c2C)C=CC(C)(C)O3)=C[C@]2(CC1(C)C)NC(=O)[C@@H]1CCCN1C2=O. The van der Waals surface area contributed by atoms with Crippen LogP contribution in [-0.2, 0) is 9.59 Å².